The van der Waals surface area contributed by atoms with E-state index in [2.05, 4.69) is 10.2 Å². The average Bonchev–Trinajstić information content (AvgIpc) is 2.70. The van der Waals surface area contributed by atoms with Gasteiger partial charge in [0.1, 0.15) is 11.6 Å². The molecule has 0 bridgehead atoms. The molecule has 0 aromatic heterocycles. The highest BCUT2D eigenvalue weighted by atomic mass is 35.5. The largest absolute Gasteiger partial charge is 0.484 e. The summed E-state index contributed by atoms with van der Waals surface area (Å²) in [4.78, 5) is 14.5. The summed E-state index contributed by atoms with van der Waals surface area (Å²) in [6.07, 6.45) is 0. The first kappa shape index (κ1) is 22.4. The molecule has 1 N–H and O–H groups in total. The maximum Gasteiger partial charge on any atom is 0.258 e. The second-order valence-corrected chi connectivity index (χ2v) is 6.64. The Labute approximate surface area is 175 Å². The molecule has 5 nitrogen and oxygen atoms in total. The first-order chi connectivity index (χ1) is 13.1. The SMILES string of the molecule is Cl.O=C(COc1ccc(F)cc1)NCC(c1ccccc1Cl)N1CCOCC1. The minimum atomic E-state index is -0.347. The topological polar surface area (TPSA) is 50.8 Å². The molecule has 0 spiro atoms. The molecule has 1 saturated heterocycles. The lowest BCUT2D eigenvalue weighted by Crippen LogP contribution is -2.44. The van der Waals surface area contributed by atoms with E-state index in [4.69, 9.17) is 21.1 Å². The lowest BCUT2D eigenvalue weighted by molar-refractivity contribution is -0.123. The van der Waals surface area contributed by atoms with Gasteiger partial charge in [-0.15, -0.1) is 12.4 Å². The van der Waals surface area contributed by atoms with Crippen molar-refractivity contribution < 1.29 is 18.7 Å². The molecule has 1 heterocycles. The number of carbonyl (C=O) groups is 1. The summed E-state index contributed by atoms with van der Waals surface area (Å²) in [7, 11) is 0. The van der Waals surface area contributed by atoms with Crippen molar-refractivity contribution in [3.63, 3.8) is 0 Å². The summed E-state index contributed by atoms with van der Waals surface area (Å²) in [6.45, 7) is 3.14. The van der Waals surface area contributed by atoms with Gasteiger partial charge in [-0.2, -0.15) is 0 Å². The van der Waals surface area contributed by atoms with Crippen LogP contribution in [0.5, 0.6) is 5.75 Å². The quantitative estimate of drug-likeness (QED) is 0.733. The van der Waals surface area contributed by atoms with E-state index in [0.717, 1.165) is 18.7 Å². The highest BCUT2D eigenvalue weighted by Crippen LogP contribution is 2.27. The molecule has 2 aromatic carbocycles. The predicted octanol–water partition coefficient (Wildman–Crippen LogP) is 3.47. The zero-order valence-corrected chi connectivity index (χ0v) is 16.8. The number of halogens is 3. The molecule has 0 saturated carbocycles. The Hall–Kier alpha value is -1.86. The van der Waals surface area contributed by atoms with Crippen LogP contribution in [-0.2, 0) is 9.53 Å². The van der Waals surface area contributed by atoms with Crippen LogP contribution in [0.4, 0.5) is 4.39 Å². The van der Waals surface area contributed by atoms with Gasteiger partial charge >= 0.3 is 0 Å². The molecular formula is C20H23Cl2FN2O3. The van der Waals surface area contributed by atoms with Gasteiger partial charge in [0.25, 0.3) is 5.91 Å². The number of hydrogen-bond donors (Lipinski definition) is 1. The van der Waals surface area contributed by atoms with E-state index in [1.54, 1.807) is 0 Å². The molecule has 1 unspecified atom stereocenters. The number of nitrogens with one attached hydrogen (secondary N) is 1. The molecule has 3 rings (SSSR count). The summed E-state index contributed by atoms with van der Waals surface area (Å²) in [5.74, 6) is -0.146. The van der Waals surface area contributed by atoms with Crippen molar-refractivity contribution in [2.75, 3.05) is 39.5 Å². The van der Waals surface area contributed by atoms with Crippen molar-refractivity contribution in [1.82, 2.24) is 10.2 Å². The fourth-order valence-electron chi connectivity index (χ4n) is 3.01. The molecule has 28 heavy (non-hydrogen) atoms. The van der Waals surface area contributed by atoms with E-state index in [1.807, 2.05) is 24.3 Å². The molecule has 1 aliphatic rings. The van der Waals surface area contributed by atoms with Gasteiger partial charge in [-0.1, -0.05) is 29.8 Å². The fourth-order valence-corrected chi connectivity index (χ4v) is 3.27. The van der Waals surface area contributed by atoms with Crippen LogP contribution in [0.25, 0.3) is 0 Å². The average molecular weight is 429 g/mol. The predicted molar refractivity (Wildman–Crippen MR) is 109 cm³/mol. The van der Waals surface area contributed by atoms with Crippen molar-refractivity contribution >= 4 is 29.9 Å². The Balaban J connectivity index is 0.00000280. The van der Waals surface area contributed by atoms with Crippen LogP contribution in [-0.4, -0.2) is 50.3 Å². The lowest BCUT2D eigenvalue weighted by atomic mass is 10.0. The monoisotopic (exact) mass is 428 g/mol. The van der Waals surface area contributed by atoms with Crippen LogP contribution in [0.2, 0.25) is 5.02 Å². The molecular weight excluding hydrogens is 406 g/mol. The van der Waals surface area contributed by atoms with Crippen LogP contribution in [0.3, 0.4) is 0 Å². The van der Waals surface area contributed by atoms with Crippen molar-refractivity contribution in [3.8, 4) is 5.75 Å². The third kappa shape index (κ3) is 6.34. The van der Waals surface area contributed by atoms with Gasteiger partial charge < -0.3 is 14.8 Å². The van der Waals surface area contributed by atoms with Crippen molar-refractivity contribution in [2.24, 2.45) is 0 Å². The smallest absolute Gasteiger partial charge is 0.258 e. The van der Waals surface area contributed by atoms with Gasteiger partial charge in [0.2, 0.25) is 0 Å². The summed E-state index contributed by atoms with van der Waals surface area (Å²) >= 11 is 6.38. The number of rotatable bonds is 7. The number of hydrogen-bond acceptors (Lipinski definition) is 4. The van der Waals surface area contributed by atoms with Crippen LogP contribution in [0, 0.1) is 5.82 Å². The van der Waals surface area contributed by atoms with Gasteiger partial charge in [-0.25, -0.2) is 4.39 Å². The molecule has 2 aromatic rings. The minimum absolute atomic E-state index is 0. The molecule has 1 fully saturated rings. The summed E-state index contributed by atoms with van der Waals surface area (Å²) in [6, 6.07) is 13.2. The number of carbonyl (C=O) groups excluding carboxylic acids is 1. The van der Waals surface area contributed by atoms with Crippen LogP contribution in [0.15, 0.2) is 48.5 Å². The Morgan fingerprint density at radius 1 is 1.18 bits per heavy atom. The van der Waals surface area contributed by atoms with E-state index in [1.165, 1.54) is 24.3 Å². The normalized spacial score (nSPS) is 15.4. The highest BCUT2D eigenvalue weighted by Gasteiger charge is 2.24. The van der Waals surface area contributed by atoms with E-state index in [-0.39, 0.29) is 36.8 Å². The second kappa shape index (κ2) is 11.2. The van der Waals surface area contributed by atoms with Crippen molar-refractivity contribution in [2.45, 2.75) is 6.04 Å². The zero-order valence-electron chi connectivity index (χ0n) is 15.3. The molecule has 0 radical (unpaired) electrons. The van der Waals surface area contributed by atoms with Gasteiger partial charge in [0.15, 0.2) is 6.61 Å². The Morgan fingerprint density at radius 2 is 1.86 bits per heavy atom. The third-order valence-electron chi connectivity index (χ3n) is 4.43. The number of benzene rings is 2. The van der Waals surface area contributed by atoms with Gasteiger partial charge in [0.05, 0.1) is 19.3 Å². The van der Waals surface area contributed by atoms with Crippen LogP contribution >= 0.6 is 24.0 Å². The number of amides is 1. The van der Waals surface area contributed by atoms with E-state index >= 15 is 0 Å². The molecule has 152 valence electrons. The lowest BCUT2D eigenvalue weighted by Gasteiger charge is -2.35. The molecule has 8 heteroatoms. The third-order valence-corrected chi connectivity index (χ3v) is 4.77. The number of ether oxygens (including phenoxy) is 2. The Morgan fingerprint density at radius 3 is 2.54 bits per heavy atom. The highest BCUT2D eigenvalue weighted by molar-refractivity contribution is 6.31. The van der Waals surface area contributed by atoms with Crippen LogP contribution in [0.1, 0.15) is 11.6 Å². The van der Waals surface area contributed by atoms with E-state index in [0.29, 0.717) is 30.5 Å². The Bertz CT molecular complexity index is 755. The molecule has 1 amide bonds. The first-order valence-corrected chi connectivity index (χ1v) is 9.22. The zero-order chi connectivity index (χ0) is 19.1. The molecule has 1 atom stereocenters. The van der Waals surface area contributed by atoms with E-state index in [9.17, 15) is 9.18 Å². The summed E-state index contributed by atoms with van der Waals surface area (Å²) < 4.78 is 23.7. The number of nitrogens with zero attached hydrogens (tertiary/aromatic N) is 1. The summed E-state index contributed by atoms with van der Waals surface area (Å²) in [5, 5.41) is 3.58. The van der Waals surface area contributed by atoms with E-state index < -0.39 is 0 Å². The molecule has 1 aliphatic heterocycles. The standard InChI is InChI=1S/C20H22ClFN2O3.ClH/c21-18-4-2-1-3-17(18)19(24-9-11-26-12-10-24)13-23-20(25)14-27-16-7-5-15(22)6-8-16;/h1-8,19H,9-14H2,(H,23,25);1H. The second-order valence-electron chi connectivity index (χ2n) is 6.23. The maximum atomic E-state index is 12.9. The summed E-state index contributed by atoms with van der Waals surface area (Å²) in [5.41, 5.74) is 0.973. The first-order valence-electron chi connectivity index (χ1n) is 8.85. The van der Waals surface area contributed by atoms with Gasteiger partial charge in [0, 0.05) is 24.7 Å². The van der Waals surface area contributed by atoms with Crippen molar-refractivity contribution in [3.05, 3.63) is 64.9 Å². The number of morpholine rings is 1. The molecule has 0 aliphatic carbocycles. The van der Waals surface area contributed by atoms with Crippen LogP contribution < -0.4 is 10.1 Å². The van der Waals surface area contributed by atoms with Crippen molar-refractivity contribution in [1.29, 1.82) is 0 Å². The van der Waals surface area contributed by atoms with Gasteiger partial charge in [-0.3, -0.25) is 9.69 Å². The fraction of sp³-hybridized carbons (Fsp3) is 0.350. The van der Waals surface area contributed by atoms with Gasteiger partial charge in [-0.05, 0) is 35.9 Å². The maximum absolute atomic E-state index is 12.9. The minimum Gasteiger partial charge on any atom is -0.484 e. The Kier molecular flexibility index (Phi) is 8.99.